The Balaban J connectivity index is 1.66. The molecule has 0 saturated heterocycles. The molecular formula is C23H33N5OS. The van der Waals surface area contributed by atoms with Crippen molar-refractivity contribution >= 4 is 22.2 Å². The summed E-state index contributed by atoms with van der Waals surface area (Å²) >= 11 is 1.59. The molecule has 0 aromatic carbocycles. The van der Waals surface area contributed by atoms with Gasteiger partial charge in [-0.2, -0.15) is 10.4 Å². The maximum Gasteiger partial charge on any atom is 0.239 e. The molecule has 0 fully saturated rings. The lowest BCUT2D eigenvalue weighted by Crippen LogP contribution is -2.30. The van der Waals surface area contributed by atoms with Crippen molar-refractivity contribution in [2.24, 2.45) is 11.3 Å². The average Bonchev–Trinajstić information content (AvgIpc) is 3.19. The summed E-state index contributed by atoms with van der Waals surface area (Å²) < 4.78 is 1.96. The molecule has 3 rings (SSSR count). The zero-order chi connectivity index (χ0) is 22.1. The summed E-state index contributed by atoms with van der Waals surface area (Å²) in [6, 6.07) is 2.34. The van der Waals surface area contributed by atoms with E-state index in [2.05, 4.69) is 51.1 Å². The van der Waals surface area contributed by atoms with Gasteiger partial charge in [-0.1, -0.05) is 20.8 Å². The first-order chi connectivity index (χ1) is 14.1. The van der Waals surface area contributed by atoms with Gasteiger partial charge in [-0.15, -0.1) is 11.3 Å². The van der Waals surface area contributed by atoms with Gasteiger partial charge in [-0.05, 0) is 57.1 Å². The molecule has 1 aliphatic rings. The largest absolute Gasteiger partial charge is 0.315 e. The Bertz CT molecular complexity index is 960. The van der Waals surface area contributed by atoms with Gasteiger partial charge < -0.3 is 5.32 Å². The van der Waals surface area contributed by atoms with E-state index in [4.69, 9.17) is 0 Å². The van der Waals surface area contributed by atoms with Gasteiger partial charge in [0.1, 0.15) is 11.1 Å². The second-order valence-corrected chi connectivity index (χ2v) is 10.5. The standard InChI is InChI=1S/C23H33N5OS/c1-7-28-15(2)16(12-25-28)13-27(6)14-21(29)26-22-19(11-24)18-9-8-17(23(3,4)5)10-20(18)30-22/h12,17H,7-10,13-14H2,1-6H3,(H,26,29). The average molecular weight is 428 g/mol. The van der Waals surface area contributed by atoms with E-state index in [1.165, 1.54) is 4.88 Å². The highest BCUT2D eigenvalue weighted by atomic mass is 32.1. The number of hydrogen-bond donors (Lipinski definition) is 1. The highest BCUT2D eigenvalue weighted by molar-refractivity contribution is 7.16. The van der Waals surface area contributed by atoms with Crippen LogP contribution in [-0.2, 0) is 30.7 Å². The molecule has 6 nitrogen and oxygen atoms in total. The number of aromatic nitrogens is 2. The molecule has 1 atom stereocenters. The molecule has 2 heterocycles. The lowest BCUT2D eigenvalue weighted by molar-refractivity contribution is -0.117. The van der Waals surface area contributed by atoms with Crippen LogP contribution in [-0.4, -0.2) is 34.2 Å². The molecule has 0 saturated carbocycles. The summed E-state index contributed by atoms with van der Waals surface area (Å²) in [4.78, 5) is 15.9. The highest BCUT2D eigenvalue weighted by Gasteiger charge is 2.32. The van der Waals surface area contributed by atoms with E-state index >= 15 is 0 Å². The first-order valence-electron chi connectivity index (χ1n) is 10.7. The Labute approximate surface area is 183 Å². The molecule has 7 heteroatoms. The number of likely N-dealkylation sites (N-methyl/N-ethyl adjacent to an activating group) is 1. The first kappa shape index (κ1) is 22.5. The lowest BCUT2D eigenvalue weighted by atomic mass is 9.72. The van der Waals surface area contributed by atoms with Gasteiger partial charge in [-0.3, -0.25) is 14.4 Å². The number of thiophene rings is 1. The molecular weight excluding hydrogens is 394 g/mol. The predicted octanol–water partition coefficient (Wildman–Crippen LogP) is 4.37. The third kappa shape index (κ3) is 4.76. The number of nitrogens with zero attached hydrogens (tertiary/aromatic N) is 4. The molecule has 1 unspecified atom stereocenters. The third-order valence-corrected chi connectivity index (χ3v) is 7.38. The van der Waals surface area contributed by atoms with Gasteiger partial charge in [0.05, 0.1) is 18.3 Å². The zero-order valence-electron chi connectivity index (χ0n) is 19.0. The summed E-state index contributed by atoms with van der Waals surface area (Å²) in [5, 5.41) is 17.8. The Kier molecular flexibility index (Phi) is 6.68. The second kappa shape index (κ2) is 8.91. The molecule has 1 amide bonds. The van der Waals surface area contributed by atoms with Gasteiger partial charge in [0, 0.05) is 29.2 Å². The highest BCUT2D eigenvalue weighted by Crippen LogP contribution is 2.43. The number of carbonyl (C=O) groups is 1. The number of nitrogens with one attached hydrogen (secondary N) is 1. The molecule has 162 valence electrons. The van der Waals surface area contributed by atoms with Crippen LogP contribution in [0.4, 0.5) is 5.00 Å². The normalized spacial score (nSPS) is 16.4. The summed E-state index contributed by atoms with van der Waals surface area (Å²) in [5.74, 6) is 0.526. The van der Waals surface area contributed by atoms with Crippen LogP contribution in [0.1, 0.15) is 61.4 Å². The maximum atomic E-state index is 12.7. The van der Waals surface area contributed by atoms with Gasteiger partial charge in [0.25, 0.3) is 0 Å². The SMILES string of the molecule is CCn1ncc(CN(C)CC(=O)Nc2sc3c(c2C#N)CCC(C(C)(C)C)C3)c1C. The lowest BCUT2D eigenvalue weighted by Gasteiger charge is -2.33. The molecule has 2 aromatic rings. The van der Waals surface area contributed by atoms with Crippen molar-refractivity contribution < 1.29 is 4.79 Å². The van der Waals surface area contributed by atoms with Crippen LogP contribution in [0.15, 0.2) is 6.20 Å². The number of fused-ring (bicyclic) bond motifs is 1. The number of nitriles is 1. The number of rotatable bonds is 6. The zero-order valence-corrected chi connectivity index (χ0v) is 19.8. The van der Waals surface area contributed by atoms with E-state index < -0.39 is 0 Å². The molecule has 1 N–H and O–H groups in total. The Morgan fingerprint density at radius 1 is 1.47 bits per heavy atom. The predicted molar refractivity (Wildman–Crippen MR) is 122 cm³/mol. The summed E-state index contributed by atoms with van der Waals surface area (Å²) in [7, 11) is 1.93. The minimum Gasteiger partial charge on any atom is -0.315 e. The van der Waals surface area contributed by atoms with Crippen LogP contribution in [0.25, 0.3) is 0 Å². The molecule has 0 radical (unpaired) electrons. The van der Waals surface area contributed by atoms with Crippen LogP contribution in [0.3, 0.4) is 0 Å². The van der Waals surface area contributed by atoms with E-state index in [9.17, 15) is 10.1 Å². The third-order valence-electron chi connectivity index (χ3n) is 6.21. The van der Waals surface area contributed by atoms with Crippen LogP contribution >= 0.6 is 11.3 Å². The summed E-state index contributed by atoms with van der Waals surface area (Å²) in [5.41, 5.74) is 4.33. The smallest absolute Gasteiger partial charge is 0.239 e. The number of aryl methyl sites for hydroxylation is 1. The quantitative estimate of drug-likeness (QED) is 0.743. The summed E-state index contributed by atoms with van der Waals surface area (Å²) in [6.07, 6.45) is 4.89. The molecule has 0 spiro atoms. The van der Waals surface area contributed by atoms with Crippen LogP contribution < -0.4 is 5.32 Å². The monoisotopic (exact) mass is 427 g/mol. The van der Waals surface area contributed by atoms with Gasteiger partial charge in [-0.25, -0.2) is 0 Å². The van der Waals surface area contributed by atoms with Crippen LogP contribution in [0.5, 0.6) is 0 Å². The topological polar surface area (TPSA) is 74.0 Å². The van der Waals surface area contributed by atoms with E-state index in [0.29, 0.717) is 23.0 Å². The van der Waals surface area contributed by atoms with Crippen molar-refractivity contribution in [1.29, 1.82) is 5.26 Å². The van der Waals surface area contributed by atoms with Gasteiger partial charge in [0.2, 0.25) is 5.91 Å². The maximum absolute atomic E-state index is 12.7. The second-order valence-electron chi connectivity index (χ2n) is 9.42. The molecule has 30 heavy (non-hydrogen) atoms. The minimum absolute atomic E-state index is 0.0829. The van der Waals surface area contributed by atoms with E-state index in [-0.39, 0.29) is 17.9 Å². The minimum atomic E-state index is -0.0829. The van der Waals surface area contributed by atoms with E-state index in [0.717, 1.165) is 42.6 Å². The number of amides is 1. The number of carbonyl (C=O) groups excluding carboxylic acids is 1. The Morgan fingerprint density at radius 3 is 2.80 bits per heavy atom. The van der Waals surface area contributed by atoms with Gasteiger partial charge in [0.15, 0.2) is 0 Å². The Morgan fingerprint density at radius 2 is 2.20 bits per heavy atom. The van der Waals surface area contributed by atoms with E-state index in [1.807, 2.05) is 22.8 Å². The van der Waals surface area contributed by atoms with Crippen molar-refractivity contribution in [3.63, 3.8) is 0 Å². The molecule has 0 bridgehead atoms. The number of anilines is 1. The van der Waals surface area contributed by atoms with Crippen molar-refractivity contribution in [3.8, 4) is 6.07 Å². The van der Waals surface area contributed by atoms with Crippen molar-refractivity contribution in [2.75, 3.05) is 18.9 Å². The van der Waals surface area contributed by atoms with Crippen LogP contribution in [0.2, 0.25) is 0 Å². The fraction of sp³-hybridized carbons (Fsp3) is 0.609. The molecule has 0 aliphatic heterocycles. The van der Waals surface area contributed by atoms with Crippen LogP contribution in [0, 0.1) is 29.6 Å². The van der Waals surface area contributed by atoms with Crippen molar-refractivity contribution in [1.82, 2.24) is 14.7 Å². The summed E-state index contributed by atoms with van der Waals surface area (Å²) in [6.45, 7) is 12.8. The molecule has 2 aromatic heterocycles. The molecule has 1 aliphatic carbocycles. The van der Waals surface area contributed by atoms with Gasteiger partial charge >= 0.3 is 0 Å². The Hall–Kier alpha value is -2.17. The fourth-order valence-electron chi connectivity index (χ4n) is 4.25. The van der Waals surface area contributed by atoms with Crippen molar-refractivity contribution in [3.05, 3.63) is 33.5 Å². The first-order valence-corrected chi connectivity index (χ1v) is 11.5. The number of hydrogen-bond acceptors (Lipinski definition) is 5. The van der Waals surface area contributed by atoms with E-state index in [1.54, 1.807) is 11.3 Å². The van der Waals surface area contributed by atoms with Crippen molar-refractivity contribution in [2.45, 2.75) is 67.0 Å². The fourth-order valence-corrected chi connectivity index (χ4v) is 5.54.